The van der Waals surface area contributed by atoms with Crippen LogP contribution in [0.25, 0.3) is 10.2 Å². The first-order valence-corrected chi connectivity index (χ1v) is 6.41. The third kappa shape index (κ3) is 2.28. The van der Waals surface area contributed by atoms with E-state index in [9.17, 15) is 9.90 Å². The quantitative estimate of drug-likeness (QED) is 0.574. The molecule has 0 spiro atoms. The summed E-state index contributed by atoms with van der Waals surface area (Å²) in [4.78, 5) is 16.2. The first kappa shape index (κ1) is 11.7. The number of esters is 1. The number of aromatic nitrogens is 1. The number of benzene rings is 2. The zero-order valence-corrected chi connectivity index (χ0v) is 10.6. The molecule has 1 N–H and O–H groups in total. The number of carbonyl (C=O) groups is 1. The van der Waals surface area contributed by atoms with Gasteiger partial charge in [0.1, 0.15) is 0 Å². The van der Waals surface area contributed by atoms with Crippen LogP contribution in [0.15, 0.2) is 48.5 Å². The van der Waals surface area contributed by atoms with Gasteiger partial charge in [-0.15, -0.1) is 11.3 Å². The van der Waals surface area contributed by atoms with Crippen molar-refractivity contribution in [3.05, 3.63) is 53.5 Å². The van der Waals surface area contributed by atoms with E-state index in [4.69, 9.17) is 4.74 Å². The molecule has 0 aliphatic carbocycles. The largest absolute Gasteiger partial charge is 0.504 e. The van der Waals surface area contributed by atoms with Crippen LogP contribution in [0.3, 0.4) is 0 Å². The Morgan fingerprint density at radius 1 is 1.11 bits per heavy atom. The van der Waals surface area contributed by atoms with Crippen LogP contribution in [-0.2, 0) is 0 Å². The predicted molar refractivity (Wildman–Crippen MR) is 72.7 cm³/mol. The third-order valence-electron chi connectivity index (χ3n) is 2.54. The van der Waals surface area contributed by atoms with E-state index in [0.717, 1.165) is 10.2 Å². The molecule has 0 bridgehead atoms. The maximum Gasteiger partial charge on any atom is 0.373 e. The second-order valence-corrected chi connectivity index (χ2v) is 4.87. The van der Waals surface area contributed by atoms with Gasteiger partial charge in [0.2, 0.25) is 5.01 Å². The van der Waals surface area contributed by atoms with Gasteiger partial charge in [-0.2, -0.15) is 0 Å². The predicted octanol–water partition coefficient (Wildman–Crippen LogP) is 3.22. The van der Waals surface area contributed by atoms with Crippen molar-refractivity contribution >= 4 is 27.5 Å². The highest BCUT2D eigenvalue weighted by Crippen LogP contribution is 2.27. The Kier molecular flexibility index (Phi) is 2.89. The van der Waals surface area contributed by atoms with Crippen molar-refractivity contribution in [3.8, 4) is 11.5 Å². The van der Waals surface area contributed by atoms with Crippen molar-refractivity contribution in [2.45, 2.75) is 0 Å². The van der Waals surface area contributed by atoms with Gasteiger partial charge in [0.25, 0.3) is 0 Å². The zero-order chi connectivity index (χ0) is 13.2. The second kappa shape index (κ2) is 4.70. The lowest BCUT2D eigenvalue weighted by Gasteiger charge is -2.03. The fraction of sp³-hybridized carbons (Fsp3) is 0. The van der Waals surface area contributed by atoms with Crippen LogP contribution in [0.1, 0.15) is 9.80 Å². The van der Waals surface area contributed by atoms with Gasteiger partial charge in [-0.3, -0.25) is 0 Å². The van der Waals surface area contributed by atoms with Crippen LogP contribution >= 0.6 is 11.3 Å². The number of ether oxygens (including phenoxy) is 1. The molecular weight excluding hydrogens is 262 g/mol. The van der Waals surface area contributed by atoms with Crippen molar-refractivity contribution in [2.75, 3.05) is 0 Å². The van der Waals surface area contributed by atoms with Gasteiger partial charge in [-0.25, -0.2) is 9.78 Å². The van der Waals surface area contributed by atoms with E-state index in [2.05, 4.69) is 4.98 Å². The topological polar surface area (TPSA) is 59.4 Å². The number of carbonyl (C=O) groups excluding carboxylic acids is 1. The average Bonchev–Trinajstić information content (AvgIpc) is 2.85. The van der Waals surface area contributed by atoms with E-state index in [1.807, 2.05) is 24.3 Å². The summed E-state index contributed by atoms with van der Waals surface area (Å²) in [6.45, 7) is 0. The number of thiazole rings is 1. The van der Waals surface area contributed by atoms with Crippen molar-refractivity contribution in [1.29, 1.82) is 0 Å². The molecule has 0 aliphatic rings. The highest BCUT2D eigenvalue weighted by Gasteiger charge is 2.15. The Balaban J connectivity index is 1.90. The number of rotatable bonds is 2. The summed E-state index contributed by atoms with van der Waals surface area (Å²) < 4.78 is 6.04. The normalized spacial score (nSPS) is 10.5. The van der Waals surface area contributed by atoms with Gasteiger partial charge in [0.15, 0.2) is 11.5 Å². The van der Waals surface area contributed by atoms with Gasteiger partial charge >= 0.3 is 5.97 Å². The van der Waals surface area contributed by atoms with E-state index in [-0.39, 0.29) is 16.5 Å². The minimum Gasteiger partial charge on any atom is -0.504 e. The maximum absolute atomic E-state index is 12.0. The number of hydrogen-bond acceptors (Lipinski definition) is 5. The fourth-order valence-electron chi connectivity index (χ4n) is 1.65. The van der Waals surface area contributed by atoms with Crippen molar-refractivity contribution < 1.29 is 14.6 Å². The minimum absolute atomic E-state index is 0.0723. The summed E-state index contributed by atoms with van der Waals surface area (Å²) in [6.07, 6.45) is 0. The Hall–Kier alpha value is -2.40. The van der Waals surface area contributed by atoms with Gasteiger partial charge < -0.3 is 9.84 Å². The summed E-state index contributed by atoms with van der Waals surface area (Å²) in [5.74, 6) is -0.508. The Morgan fingerprint density at radius 3 is 2.63 bits per heavy atom. The molecule has 3 aromatic rings. The number of phenols is 1. The lowest BCUT2D eigenvalue weighted by molar-refractivity contribution is 0.0729. The first-order valence-electron chi connectivity index (χ1n) is 5.60. The number of phenolic OH excluding ortho intramolecular Hbond substituents is 1. The number of aromatic hydroxyl groups is 1. The molecule has 0 amide bonds. The highest BCUT2D eigenvalue weighted by molar-refractivity contribution is 7.20. The van der Waals surface area contributed by atoms with Crippen molar-refractivity contribution in [3.63, 3.8) is 0 Å². The third-order valence-corrected chi connectivity index (χ3v) is 3.55. The molecule has 3 rings (SSSR count). The molecule has 0 atom stereocenters. The molecule has 19 heavy (non-hydrogen) atoms. The monoisotopic (exact) mass is 271 g/mol. The van der Waals surface area contributed by atoms with Gasteiger partial charge in [0, 0.05) is 0 Å². The molecule has 4 nitrogen and oxygen atoms in total. The summed E-state index contributed by atoms with van der Waals surface area (Å²) in [5, 5.41) is 9.82. The number of nitrogens with zero attached hydrogens (tertiary/aromatic N) is 1. The van der Waals surface area contributed by atoms with Crippen LogP contribution < -0.4 is 4.74 Å². The zero-order valence-electron chi connectivity index (χ0n) is 9.74. The smallest absolute Gasteiger partial charge is 0.373 e. The van der Waals surface area contributed by atoms with E-state index >= 15 is 0 Å². The van der Waals surface area contributed by atoms with E-state index in [0.29, 0.717) is 0 Å². The van der Waals surface area contributed by atoms with Crippen LogP contribution in [-0.4, -0.2) is 16.1 Å². The molecule has 94 valence electrons. The lowest BCUT2D eigenvalue weighted by Crippen LogP contribution is -2.07. The Bertz CT molecular complexity index is 718. The molecular formula is C14H9NO3S. The Labute approximate surface area is 112 Å². The average molecular weight is 271 g/mol. The van der Waals surface area contributed by atoms with Crippen LogP contribution in [0.5, 0.6) is 11.5 Å². The lowest BCUT2D eigenvalue weighted by atomic mass is 10.3. The maximum atomic E-state index is 12.0. The summed E-state index contributed by atoms with van der Waals surface area (Å²) in [5.41, 5.74) is 0.761. The molecule has 2 aromatic carbocycles. The van der Waals surface area contributed by atoms with Crippen LogP contribution in [0.2, 0.25) is 0 Å². The minimum atomic E-state index is -0.567. The Morgan fingerprint density at radius 2 is 1.84 bits per heavy atom. The van der Waals surface area contributed by atoms with Crippen LogP contribution in [0, 0.1) is 0 Å². The molecule has 0 unspecified atom stereocenters. The molecule has 1 aromatic heterocycles. The molecule has 5 heteroatoms. The summed E-state index contributed by atoms with van der Waals surface area (Å²) in [6, 6.07) is 13.8. The number of para-hydroxylation sites is 3. The van der Waals surface area contributed by atoms with E-state index in [1.165, 1.54) is 23.5 Å². The second-order valence-electron chi connectivity index (χ2n) is 3.84. The highest BCUT2D eigenvalue weighted by atomic mass is 32.1. The van der Waals surface area contributed by atoms with Crippen molar-refractivity contribution in [1.82, 2.24) is 4.98 Å². The van der Waals surface area contributed by atoms with E-state index in [1.54, 1.807) is 12.1 Å². The van der Waals surface area contributed by atoms with Gasteiger partial charge in [-0.05, 0) is 24.3 Å². The molecule has 0 saturated heterocycles. The number of fused-ring (bicyclic) bond motifs is 1. The standard InChI is InChI=1S/C14H9NO3S/c16-10-6-2-3-7-11(10)18-14(17)13-15-9-5-1-4-8-12(9)19-13/h1-8,16H. The summed E-state index contributed by atoms with van der Waals surface area (Å²) in [7, 11) is 0. The molecule has 0 aliphatic heterocycles. The summed E-state index contributed by atoms with van der Waals surface area (Å²) >= 11 is 1.26. The SMILES string of the molecule is O=C(Oc1ccccc1O)c1nc2ccccc2s1. The molecule has 0 radical (unpaired) electrons. The number of hydrogen-bond donors (Lipinski definition) is 1. The molecule has 0 fully saturated rings. The van der Waals surface area contributed by atoms with E-state index < -0.39 is 5.97 Å². The molecule has 0 saturated carbocycles. The van der Waals surface area contributed by atoms with Gasteiger partial charge in [0.05, 0.1) is 10.2 Å². The first-order chi connectivity index (χ1) is 9.24. The van der Waals surface area contributed by atoms with Gasteiger partial charge in [-0.1, -0.05) is 24.3 Å². The fourth-order valence-corrected chi connectivity index (χ4v) is 2.49. The van der Waals surface area contributed by atoms with Crippen LogP contribution in [0.4, 0.5) is 0 Å². The van der Waals surface area contributed by atoms with Crippen molar-refractivity contribution in [2.24, 2.45) is 0 Å². The molecule has 1 heterocycles.